The number of hydrogen-bond acceptors (Lipinski definition) is 2. The van der Waals surface area contributed by atoms with Gasteiger partial charge in [0.05, 0.1) is 5.69 Å². The van der Waals surface area contributed by atoms with Crippen LogP contribution in [0.5, 0.6) is 0 Å². The Labute approximate surface area is 174 Å². The van der Waals surface area contributed by atoms with Crippen LogP contribution in [0.3, 0.4) is 0 Å². The fourth-order valence-electron chi connectivity index (χ4n) is 3.98. The third kappa shape index (κ3) is 2.82. The van der Waals surface area contributed by atoms with Gasteiger partial charge in [-0.3, -0.25) is 9.69 Å². The topological polar surface area (TPSA) is 37.3 Å². The number of nitrogens with one attached hydrogen (secondary N) is 1. The van der Waals surface area contributed by atoms with E-state index in [2.05, 4.69) is 41.2 Å². The summed E-state index contributed by atoms with van der Waals surface area (Å²) in [4.78, 5) is 14.6. The molecule has 1 fully saturated rings. The average molecular weight is 398 g/mol. The summed E-state index contributed by atoms with van der Waals surface area (Å²) in [5, 5.41) is 5.84. The van der Waals surface area contributed by atoms with Crippen molar-refractivity contribution in [3.63, 3.8) is 0 Å². The summed E-state index contributed by atoms with van der Waals surface area (Å²) in [5.41, 5.74) is 5.65. The molecule has 5 rings (SSSR count). The maximum atomic E-state index is 13.0. The molecule has 4 aromatic rings. The number of aromatic nitrogens is 1. The van der Waals surface area contributed by atoms with Crippen LogP contribution in [0.2, 0.25) is 0 Å². The molecular formula is C24H19N3OS. The zero-order valence-electron chi connectivity index (χ0n) is 16.1. The number of fused-ring (bicyclic) bond motifs is 3. The molecule has 0 bridgehead atoms. The van der Waals surface area contributed by atoms with Crippen molar-refractivity contribution in [1.29, 1.82) is 0 Å². The van der Waals surface area contributed by atoms with Gasteiger partial charge in [0.15, 0.2) is 5.11 Å². The molecule has 0 spiro atoms. The highest BCUT2D eigenvalue weighted by Crippen LogP contribution is 2.30. The standard InChI is InChI=1S/C24H19N3OS/c1-15-6-5-7-17(12-15)27-23(28)20(25-24(27)29)14-16-10-11-22-19(13-16)18-8-3-4-9-21(18)26(22)2/h3-14H,1-2H3,(H,25,29)/b20-14+. The molecule has 2 heterocycles. The number of amides is 1. The van der Waals surface area contributed by atoms with Crippen molar-refractivity contribution in [2.75, 3.05) is 4.90 Å². The Bertz CT molecular complexity index is 1350. The van der Waals surface area contributed by atoms with E-state index < -0.39 is 0 Å². The maximum Gasteiger partial charge on any atom is 0.281 e. The summed E-state index contributed by atoms with van der Waals surface area (Å²) in [6.45, 7) is 2.00. The van der Waals surface area contributed by atoms with Crippen LogP contribution in [0.4, 0.5) is 5.69 Å². The lowest BCUT2D eigenvalue weighted by Crippen LogP contribution is -2.30. The summed E-state index contributed by atoms with van der Waals surface area (Å²) in [5.74, 6) is -0.140. The zero-order valence-corrected chi connectivity index (χ0v) is 17.0. The van der Waals surface area contributed by atoms with Crippen molar-refractivity contribution >= 4 is 56.8 Å². The summed E-state index contributed by atoms with van der Waals surface area (Å²) in [6, 6.07) is 22.4. The molecule has 3 aromatic carbocycles. The van der Waals surface area contributed by atoms with E-state index in [1.807, 2.05) is 55.5 Å². The molecule has 0 saturated carbocycles. The van der Waals surface area contributed by atoms with Crippen LogP contribution in [-0.2, 0) is 11.8 Å². The minimum absolute atomic E-state index is 0.140. The van der Waals surface area contributed by atoms with Gasteiger partial charge in [0.2, 0.25) is 0 Å². The third-order valence-electron chi connectivity index (χ3n) is 5.39. The number of benzene rings is 3. The molecule has 1 saturated heterocycles. The van der Waals surface area contributed by atoms with E-state index in [1.165, 1.54) is 16.3 Å². The molecular weight excluding hydrogens is 378 g/mol. The van der Waals surface area contributed by atoms with Gasteiger partial charge in [-0.1, -0.05) is 36.4 Å². The molecule has 0 unspecified atom stereocenters. The second-order valence-corrected chi connectivity index (χ2v) is 7.71. The number of hydrogen-bond donors (Lipinski definition) is 1. The molecule has 29 heavy (non-hydrogen) atoms. The van der Waals surface area contributed by atoms with E-state index in [0.29, 0.717) is 10.8 Å². The average Bonchev–Trinajstić information content (AvgIpc) is 3.15. The van der Waals surface area contributed by atoms with Crippen molar-refractivity contribution in [1.82, 2.24) is 9.88 Å². The fourth-order valence-corrected chi connectivity index (χ4v) is 4.28. The molecule has 1 N–H and O–H groups in total. The third-order valence-corrected chi connectivity index (χ3v) is 5.67. The lowest BCUT2D eigenvalue weighted by atomic mass is 10.1. The van der Waals surface area contributed by atoms with Gasteiger partial charge in [0.1, 0.15) is 5.70 Å². The van der Waals surface area contributed by atoms with Crippen LogP contribution in [0.1, 0.15) is 11.1 Å². The number of carbonyl (C=O) groups excluding carboxylic acids is 1. The van der Waals surface area contributed by atoms with E-state index in [-0.39, 0.29) is 5.91 Å². The highest BCUT2D eigenvalue weighted by Gasteiger charge is 2.31. The zero-order chi connectivity index (χ0) is 20.1. The van der Waals surface area contributed by atoms with E-state index in [4.69, 9.17) is 12.2 Å². The number of rotatable bonds is 2. The van der Waals surface area contributed by atoms with Crippen molar-refractivity contribution in [3.05, 3.63) is 83.6 Å². The monoisotopic (exact) mass is 397 g/mol. The Morgan fingerprint density at radius 2 is 1.72 bits per heavy atom. The van der Waals surface area contributed by atoms with Gasteiger partial charge in [-0.25, -0.2) is 0 Å². The molecule has 5 heteroatoms. The first-order chi connectivity index (χ1) is 14.0. The first-order valence-electron chi connectivity index (χ1n) is 9.44. The summed E-state index contributed by atoms with van der Waals surface area (Å²) in [6.07, 6.45) is 1.87. The van der Waals surface area contributed by atoms with E-state index in [0.717, 1.165) is 22.3 Å². The van der Waals surface area contributed by atoms with Crippen LogP contribution in [-0.4, -0.2) is 15.6 Å². The molecule has 1 aliphatic rings. The molecule has 1 aromatic heterocycles. The predicted molar refractivity (Wildman–Crippen MR) is 123 cm³/mol. The van der Waals surface area contributed by atoms with E-state index >= 15 is 0 Å². The number of thiocarbonyl (C=S) groups is 1. The minimum atomic E-state index is -0.140. The normalized spacial score (nSPS) is 15.7. The minimum Gasteiger partial charge on any atom is -0.344 e. The largest absolute Gasteiger partial charge is 0.344 e. The molecule has 142 valence electrons. The number of para-hydroxylation sites is 1. The summed E-state index contributed by atoms with van der Waals surface area (Å²) < 4.78 is 2.19. The van der Waals surface area contributed by atoms with Crippen LogP contribution >= 0.6 is 12.2 Å². The molecule has 1 amide bonds. The molecule has 0 radical (unpaired) electrons. The lowest BCUT2D eigenvalue weighted by Gasteiger charge is -2.14. The van der Waals surface area contributed by atoms with Crippen molar-refractivity contribution in [3.8, 4) is 0 Å². The number of carbonyl (C=O) groups is 1. The number of nitrogens with zero attached hydrogens (tertiary/aromatic N) is 2. The van der Waals surface area contributed by atoms with E-state index in [1.54, 1.807) is 4.90 Å². The second kappa shape index (κ2) is 6.57. The highest BCUT2D eigenvalue weighted by atomic mass is 32.1. The van der Waals surface area contributed by atoms with Crippen molar-refractivity contribution < 1.29 is 4.79 Å². The number of anilines is 1. The second-order valence-electron chi connectivity index (χ2n) is 7.32. The fraction of sp³-hybridized carbons (Fsp3) is 0.0833. The summed E-state index contributed by atoms with van der Waals surface area (Å²) in [7, 11) is 2.07. The van der Waals surface area contributed by atoms with Gasteiger partial charge in [0.25, 0.3) is 5.91 Å². The van der Waals surface area contributed by atoms with E-state index in [9.17, 15) is 4.79 Å². The van der Waals surface area contributed by atoms with Gasteiger partial charge < -0.3 is 9.88 Å². The van der Waals surface area contributed by atoms with Gasteiger partial charge in [-0.05, 0) is 66.7 Å². The Morgan fingerprint density at radius 3 is 2.55 bits per heavy atom. The van der Waals surface area contributed by atoms with Crippen LogP contribution in [0.25, 0.3) is 27.9 Å². The van der Waals surface area contributed by atoms with Crippen LogP contribution in [0.15, 0.2) is 72.4 Å². The first-order valence-corrected chi connectivity index (χ1v) is 9.85. The first kappa shape index (κ1) is 17.6. The Kier molecular flexibility index (Phi) is 4.00. The van der Waals surface area contributed by atoms with Crippen molar-refractivity contribution in [2.45, 2.75) is 6.92 Å². The smallest absolute Gasteiger partial charge is 0.281 e. The molecule has 0 atom stereocenters. The Morgan fingerprint density at radius 1 is 0.931 bits per heavy atom. The number of aryl methyl sites for hydroxylation is 2. The van der Waals surface area contributed by atoms with Gasteiger partial charge in [0, 0.05) is 28.9 Å². The quantitative estimate of drug-likeness (QED) is 0.386. The van der Waals surface area contributed by atoms with Crippen molar-refractivity contribution in [2.24, 2.45) is 7.05 Å². The Balaban J connectivity index is 1.57. The Hall–Kier alpha value is -3.44. The van der Waals surface area contributed by atoms with Gasteiger partial charge in [-0.15, -0.1) is 0 Å². The SMILES string of the molecule is Cc1cccc(N2C(=O)/C(=C\c3ccc4c(c3)c3ccccc3n4C)NC2=S)c1. The summed E-state index contributed by atoms with van der Waals surface area (Å²) >= 11 is 5.43. The lowest BCUT2D eigenvalue weighted by molar-refractivity contribution is -0.113. The molecule has 1 aliphatic heterocycles. The molecule has 0 aliphatic carbocycles. The van der Waals surface area contributed by atoms with Gasteiger partial charge in [-0.2, -0.15) is 0 Å². The van der Waals surface area contributed by atoms with Crippen LogP contribution in [0, 0.1) is 6.92 Å². The predicted octanol–water partition coefficient (Wildman–Crippen LogP) is 4.90. The van der Waals surface area contributed by atoms with Crippen LogP contribution < -0.4 is 10.2 Å². The molecule has 4 nitrogen and oxygen atoms in total. The highest BCUT2D eigenvalue weighted by molar-refractivity contribution is 7.80. The maximum absolute atomic E-state index is 13.0. The van der Waals surface area contributed by atoms with Gasteiger partial charge >= 0.3 is 0 Å².